The maximum Gasteiger partial charge on any atom is 0.310 e. The molecule has 1 saturated carbocycles. The molecule has 1 aromatic rings. The van der Waals surface area contributed by atoms with Crippen LogP contribution in [-0.2, 0) is 22.6 Å². The van der Waals surface area contributed by atoms with E-state index in [-0.39, 0.29) is 0 Å². The van der Waals surface area contributed by atoms with E-state index in [1.807, 2.05) is 0 Å². The zero-order valence-electron chi connectivity index (χ0n) is 13.3. The highest BCUT2D eigenvalue weighted by molar-refractivity contribution is 5.81. The molecular weight excluding hydrogens is 316 g/mol. The van der Waals surface area contributed by atoms with Crippen molar-refractivity contribution in [3.8, 4) is 0 Å². The number of halogens is 4. The van der Waals surface area contributed by atoms with Crippen molar-refractivity contribution in [2.75, 3.05) is 7.11 Å². The van der Waals surface area contributed by atoms with E-state index >= 15 is 0 Å². The van der Waals surface area contributed by atoms with Gasteiger partial charge in [-0.3, -0.25) is 4.79 Å². The highest BCUT2D eigenvalue weighted by atomic mass is 19.2. The number of ether oxygens (including phenoxy) is 1. The summed E-state index contributed by atoms with van der Waals surface area (Å²) in [5.74, 6) is -7.86. The molecule has 0 bridgehead atoms. The fourth-order valence-corrected chi connectivity index (χ4v) is 3.47. The topological polar surface area (TPSA) is 46.5 Å². The summed E-state index contributed by atoms with van der Waals surface area (Å²) in [7, 11) is 1.14. The first kappa shape index (κ1) is 17.7. The summed E-state index contributed by atoms with van der Waals surface area (Å²) in [6.45, 7) is 4.30. The maximum absolute atomic E-state index is 14.2. The quantitative estimate of drug-likeness (QED) is 0.660. The molecule has 0 aliphatic heterocycles. The van der Waals surface area contributed by atoms with Gasteiger partial charge in [0.25, 0.3) is 0 Å². The number of carbonyl (C=O) groups is 1. The lowest BCUT2D eigenvalue weighted by atomic mass is 9.87. The summed E-state index contributed by atoms with van der Waals surface area (Å²) in [4.78, 5) is 11.6. The molecule has 7 heteroatoms. The molecule has 2 rings (SSSR count). The molecule has 0 amide bonds. The van der Waals surface area contributed by atoms with Gasteiger partial charge >= 0.3 is 5.97 Å². The van der Waals surface area contributed by atoms with Gasteiger partial charge in [0.2, 0.25) is 0 Å². The van der Waals surface area contributed by atoms with E-state index in [9.17, 15) is 27.5 Å². The van der Waals surface area contributed by atoms with Gasteiger partial charge in [-0.05, 0) is 17.8 Å². The molecule has 128 valence electrons. The first-order chi connectivity index (χ1) is 10.5. The molecule has 1 N–H and O–H groups in total. The van der Waals surface area contributed by atoms with Crippen LogP contribution in [0.4, 0.5) is 17.6 Å². The SMILES string of the molecule is COCc1c(F)c(F)c(C[C@@]2(C(=O)O)C(C)C2(C)C)c(F)c1F. The van der Waals surface area contributed by atoms with Crippen molar-refractivity contribution in [1.82, 2.24) is 0 Å². The Hall–Kier alpha value is -1.63. The average Bonchev–Trinajstić information content (AvgIpc) is 2.92. The normalized spacial score (nSPS) is 25.5. The fraction of sp³-hybridized carbons (Fsp3) is 0.562. The first-order valence-corrected chi connectivity index (χ1v) is 7.10. The summed E-state index contributed by atoms with van der Waals surface area (Å²) in [5.41, 5.74) is -3.93. The third kappa shape index (κ3) is 2.24. The van der Waals surface area contributed by atoms with Gasteiger partial charge in [-0.25, -0.2) is 17.6 Å². The third-order valence-electron chi connectivity index (χ3n) is 5.46. The Labute approximate surface area is 131 Å². The molecule has 3 nitrogen and oxygen atoms in total. The van der Waals surface area contributed by atoms with Crippen molar-refractivity contribution in [1.29, 1.82) is 0 Å². The van der Waals surface area contributed by atoms with Crippen LogP contribution in [0, 0.1) is 40.0 Å². The lowest BCUT2D eigenvalue weighted by Gasteiger charge is -2.18. The second-order valence-electron chi connectivity index (χ2n) is 6.54. The van der Waals surface area contributed by atoms with Crippen LogP contribution in [0.25, 0.3) is 0 Å². The van der Waals surface area contributed by atoms with E-state index in [1.54, 1.807) is 20.8 Å². The molecule has 1 aliphatic carbocycles. The molecule has 1 fully saturated rings. The van der Waals surface area contributed by atoms with E-state index in [1.165, 1.54) is 0 Å². The number of rotatable bonds is 5. The summed E-state index contributed by atoms with van der Waals surface area (Å²) in [6.07, 6.45) is -0.616. The van der Waals surface area contributed by atoms with E-state index in [0.717, 1.165) is 7.11 Å². The molecule has 0 spiro atoms. The minimum atomic E-state index is -1.56. The molecule has 1 aliphatic rings. The van der Waals surface area contributed by atoms with Crippen molar-refractivity contribution in [3.63, 3.8) is 0 Å². The molecule has 0 heterocycles. The molecule has 1 unspecified atom stereocenters. The molecular formula is C16H18F4O3. The molecule has 2 atom stereocenters. The van der Waals surface area contributed by atoms with E-state index in [4.69, 9.17) is 0 Å². The monoisotopic (exact) mass is 334 g/mol. The van der Waals surface area contributed by atoms with Crippen LogP contribution >= 0.6 is 0 Å². The lowest BCUT2D eigenvalue weighted by Crippen LogP contribution is -2.26. The number of carboxylic acid groups (broad SMARTS) is 1. The van der Waals surface area contributed by atoms with Crippen LogP contribution < -0.4 is 0 Å². The minimum absolute atomic E-state index is 0.393. The van der Waals surface area contributed by atoms with E-state index in [0.29, 0.717) is 0 Å². The standard InChI is InChI=1S/C16H18F4O3/c1-7-15(2,3)16(7,14(21)22)5-8-10(17)12(19)9(6-23-4)13(20)11(8)18/h7H,5-6H2,1-4H3,(H,21,22)/t7?,16-/m0/s1. The van der Waals surface area contributed by atoms with Crippen LogP contribution in [0.1, 0.15) is 31.9 Å². The first-order valence-electron chi connectivity index (χ1n) is 7.10. The van der Waals surface area contributed by atoms with Crippen LogP contribution in [0.3, 0.4) is 0 Å². The molecule has 1 aromatic carbocycles. The zero-order chi connectivity index (χ0) is 17.7. The largest absolute Gasteiger partial charge is 0.481 e. The van der Waals surface area contributed by atoms with Gasteiger partial charge in [0.15, 0.2) is 23.3 Å². The fourth-order valence-electron chi connectivity index (χ4n) is 3.47. The van der Waals surface area contributed by atoms with Gasteiger partial charge in [-0.1, -0.05) is 20.8 Å². The lowest BCUT2D eigenvalue weighted by molar-refractivity contribution is -0.145. The molecule has 23 heavy (non-hydrogen) atoms. The van der Waals surface area contributed by atoms with E-state index in [2.05, 4.69) is 4.74 Å². The van der Waals surface area contributed by atoms with Crippen molar-refractivity contribution in [2.45, 2.75) is 33.8 Å². The Bertz CT molecular complexity index is 643. The Morgan fingerprint density at radius 1 is 1.09 bits per heavy atom. The number of aliphatic carboxylic acids is 1. The molecule has 0 radical (unpaired) electrons. The number of methoxy groups -OCH3 is 1. The van der Waals surface area contributed by atoms with Crippen molar-refractivity contribution in [3.05, 3.63) is 34.4 Å². The Morgan fingerprint density at radius 3 is 1.78 bits per heavy atom. The second kappa shape index (κ2) is 5.47. The maximum atomic E-state index is 14.2. The number of carboxylic acids is 1. The zero-order valence-corrected chi connectivity index (χ0v) is 13.3. The van der Waals surface area contributed by atoms with Gasteiger partial charge in [-0.2, -0.15) is 0 Å². The second-order valence-corrected chi connectivity index (χ2v) is 6.54. The number of benzene rings is 1. The van der Waals surface area contributed by atoms with Gasteiger partial charge in [0, 0.05) is 12.7 Å². The Kier molecular flexibility index (Phi) is 4.22. The highest BCUT2D eigenvalue weighted by Crippen LogP contribution is 2.70. The minimum Gasteiger partial charge on any atom is -0.481 e. The Balaban J connectivity index is 2.56. The van der Waals surface area contributed by atoms with Crippen molar-refractivity contribution in [2.24, 2.45) is 16.7 Å². The summed E-state index contributed by atoms with van der Waals surface area (Å²) in [5, 5.41) is 9.48. The predicted molar refractivity (Wildman–Crippen MR) is 73.7 cm³/mol. The summed E-state index contributed by atoms with van der Waals surface area (Å²) < 4.78 is 60.9. The predicted octanol–water partition coefficient (Wildman–Crippen LogP) is 3.68. The van der Waals surface area contributed by atoms with Crippen LogP contribution in [0.5, 0.6) is 0 Å². The van der Waals surface area contributed by atoms with Crippen LogP contribution in [0.2, 0.25) is 0 Å². The third-order valence-corrected chi connectivity index (χ3v) is 5.46. The number of hydrogen-bond acceptors (Lipinski definition) is 2. The van der Waals surface area contributed by atoms with Crippen molar-refractivity contribution < 1.29 is 32.2 Å². The van der Waals surface area contributed by atoms with Gasteiger partial charge in [-0.15, -0.1) is 0 Å². The van der Waals surface area contributed by atoms with Crippen molar-refractivity contribution >= 4 is 5.97 Å². The smallest absolute Gasteiger partial charge is 0.310 e. The highest BCUT2D eigenvalue weighted by Gasteiger charge is 2.73. The summed E-state index contributed by atoms with van der Waals surface area (Å²) in [6, 6.07) is 0. The van der Waals surface area contributed by atoms with Gasteiger partial charge < -0.3 is 9.84 Å². The molecule has 0 aromatic heterocycles. The van der Waals surface area contributed by atoms with Crippen LogP contribution in [0.15, 0.2) is 0 Å². The Morgan fingerprint density at radius 2 is 1.48 bits per heavy atom. The average molecular weight is 334 g/mol. The van der Waals surface area contributed by atoms with E-state index < -0.39 is 70.1 Å². The molecule has 0 saturated heterocycles. The van der Waals surface area contributed by atoms with Gasteiger partial charge in [0.05, 0.1) is 17.6 Å². The van der Waals surface area contributed by atoms with Crippen LogP contribution in [-0.4, -0.2) is 18.2 Å². The summed E-state index contributed by atoms with van der Waals surface area (Å²) >= 11 is 0. The number of hydrogen-bond donors (Lipinski definition) is 1. The van der Waals surface area contributed by atoms with Gasteiger partial charge in [0.1, 0.15) is 0 Å².